The third-order valence-electron chi connectivity index (χ3n) is 3.02. The molecule has 4 nitrogen and oxygen atoms in total. The number of hydrogen-bond acceptors (Lipinski definition) is 3. The molecule has 0 fully saturated rings. The van der Waals surface area contributed by atoms with Crippen LogP contribution >= 0.6 is 0 Å². The Morgan fingerprint density at radius 2 is 1.67 bits per heavy atom. The van der Waals surface area contributed by atoms with Crippen molar-refractivity contribution in [3.8, 4) is 5.75 Å². The van der Waals surface area contributed by atoms with E-state index in [1.807, 2.05) is 48.5 Å². The van der Waals surface area contributed by atoms with Gasteiger partial charge in [-0.25, -0.2) is 0 Å². The normalized spacial score (nSPS) is 11.7. The van der Waals surface area contributed by atoms with Crippen LogP contribution in [0.2, 0.25) is 0 Å². The first-order valence-corrected chi connectivity index (χ1v) is 6.90. The van der Waals surface area contributed by atoms with Crippen molar-refractivity contribution in [3.63, 3.8) is 0 Å². The lowest BCUT2D eigenvalue weighted by Gasteiger charge is -2.16. The average Bonchev–Trinajstić information content (AvgIpc) is 2.54. The van der Waals surface area contributed by atoms with E-state index in [4.69, 9.17) is 4.74 Å². The first kappa shape index (κ1) is 15.1. The Morgan fingerprint density at radius 1 is 1.05 bits per heavy atom. The molecule has 2 N–H and O–H groups in total. The first-order chi connectivity index (χ1) is 10.3. The summed E-state index contributed by atoms with van der Waals surface area (Å²) in [5.41, 5.74) is 1.07. The van der Waals surface area contributed by atoms with Gasteiger partial charge in [-0.15, -0.1) is 0 Å². The monoisotopic (exact) mass is 285 g/mol. The van der Waals surface area contributed by atoms with Gasteiger partial charge in [-0.1, -0.05) is 48.5 Å². The number of para-hydroxylation sites is 1. The van der Waals surface area contributed by atoms with Gasteiger partial charge in [0.25, 0.3) is 5.91 Å². The molecule has 0 aliphatic rings. The van der Waals surface area contributed by atoms with Gasteiger partial charge in [0.15, 0.2) is 6.61 Å². The molecule has 0 radical (unpaired) electrons. The van der Waals surface area contributed by atoms with Crippen LogP contribution in [0.5, 0.6) is 5.75 Å². The minimum absolute atomic E-state index is 0.0602. The molecule has 0 heterocycles. The molecule has 0 unspecified atom stereocenters. The molecule has 2 rings (SSSR count). The van der Waals surface area contributed by atoms with E-state index in [-0.39, 0.29) is 25.2 Å². The Kier molecular flexibility index (Phi) is 5.79. The number of rotatable bonds is 7. The number of amides is 1. The maximum atomic E-state index is 11.8. The third kappa shape index (κ3) is 5.28. The molecule has 0 spiro atoms. The predicted molar refractivity (Wildman–Crippen MR) is 81.1 cm³/mol. The number of aliphatic hydroxyl groups excluding tert-OH is 1. The molecule has 0 aromatic heterocycles. The number of nitrogens with one attached hydrogen (secondary N) is 1. The number of ether oxygens (including phenoxy) is 1. The van der Waals surface area contributed by atoms with Gasteiger partial charge in [0.1, 0.15) is 5.75 Å². The van der Waals surface area contributed by atoms with Crippen molar-refractivity contribution in [1.82, 2.24) is 5.32 Å². The molecule has 0 aliphatic carbocycles. The van der Waals surface area contributed by atoms with Crippen LogP contribution in [0.1, 0.15) is 5.56 Å². The standard InChI is InChI=1S/C17H19NO3/c19-12-15(11-14-7-3-1-4-8-14)18-17(20)13-21-16-9-5-2-6-10-16/h1-10,15,19H,11-13H2,(H,18,20)/t15-/m1/s1. The smallest absolute Gasteiger partial charge is 0.258 e. The van der Waals surface area contributed by atoms with Crippen molar-refractivity contribution in [3.05, 3.63) is 66.2 Å². The minimum atomic E-state index is -0.306. The lowest BCUT2D eigenvalue weighted by atomic mass is 10.1. The Hall–Kier alpha value is -2.33. The van der Waals surface area contributed by atoms with Gasteiger partial charge in [-0.05, 0) is 24.1 Å². The van der Waals surface area contributed by atoms with E-state index in [2.05, 4.69) is 5.32 Å². The summed E-state index contributed by atoms with van der Waals surface area (Å²) in [5.74, 6) is 0.407. The quantitative estimate of drug-likeness (QED) is 0.815. The van der Waals surface area contributed by atoms with Crippen molar-refractivity contribution in [1.29, 1.82) is 0 Å². The minimum Gasteiger partial charge on any atom is -0.484 e. The highest BCUT2D eigenvalue weighted by atomic mass is 16.5. The molecule has 110 valence electrons. The summed E-state index contributed by atoms with van der Waals surface area (Å²) in [6.45, 7) is -0.165. The highest BCUT2D eigenvalue weighted by molar-refractivity contribution is 5.77. The number of hydrogen-bond donors (Lipinski definition) is 2. The van der Waals surface area contributed by atoms with Crippen molar-refractivity contribution in [2.24, 2.45) is 0 Å². The maximum Gasteiger partial charge on any atom is 0.258 e. The molecular weight excluding hydrogens is 266 g/mol. The SMILES string of the molecule is O=C(COc1ccccc1)N[C@@H](CO)Cc1ccccc1. The Balaban J connectivity index is 1.80. The fraction of sp³-hybridized carbons (Fsp3) is 0.235. The zero-order valence-corrected chi connectivity index (χ0v) is 11.7. The average molecular weight is 285 g/mol. The molecule has 1 atom stereocenters. The van der Waals surface area contributed by atoms with Gasteiger partial charge in [0.2, 0.25) is 0 Å². The predicted octanol–water partition coefficient (Wildman–Crippen LogP) is 1.79. The Labute approximate surface area is 124 Å². The lowest BCUT2D eigenvalue weighted by molar-refractivity contribution is -0.124. The van der Waals surface area contributed by atoms with Crippen LogP contribution < -0.4 is 10.1 Å². The van der Waals surface area contributed by atoms with Crippen molar-refractivity contribution < 1.29 is 14.6 Å². The van der Waals surface area contributed by atoms with Crippen LogP contribution in [0.4, 0.5) is 0 Å². The van der Waals surface area contributed by atoms with Gasteiger partial charge in [0, 0.05) is 0 Å². The van der Waals surface area contributed by atoms with E-state index >= 15 is 0 Å². The number of carbonyl (C=O) groups excluding carboxylic acids is 1. The fourth-order valence-electron chi connectivity index (χ4n) is 1.99. The summed E-state index contributed by atoms with van der Waals surface area (Å²) in [5, 5.41) is 12.1. The van der Waals surface area contributed by atoms with Gasteiger partial charge < -0.3 is 15.2 Å². The second-order valence-electron chi connectivity index (χ2n) is 4.74. The van der Waals surface area contributed by atoms with E-state index in [0.717, 1.165) is 5.56 Å². The Morgan fingerprint density at radius 3 is 2.29 bits per heavy atom. The number of benzene rings is 2. The summed E-state index contributed by atoms with van der Waals surface area (Å²) in [6.07, 6.45) is 0.592. The molecule has 0 saturated heterocycles. The van der Waals surface area contributed by atoms with Crippen LogP contribution in [0.3, 0.4) is 0 Å². The van der Waals surface area contributed by atoms with Crippen LogP contribution in [0.25, 0.3) is 0 Å². The van der Waals surface area contributed by atoms with E-state index in [1.165, 1.54) is 0 Å². The second kappa shape index (κ2) is 8.07. The van der Waals surface area contributed by atoms with E-state index in [1.54, 1.807) is 12.1 Å². The lowest BCUT2D eigenvalue weighted by Crippen LogP contribution is -2.41. The molecule has 2 aromatic rings. The molecule has 1 amide bonds. The van der Waals surface area contributed by atoms with Gasteiger partial charge in [-0.3, -0.25) is 4.79 Å². The van der Waals surface area contributed by atoms with Crippen LogP contribution in [-0.4, -0.2) is 30.3 Å². The fourth-order valence-corrected chi connectivity index (χ4v) is 1.99. The van der Waals surface area contributed by atoms with Crippen LogP contribution in [0.15, 0.2) is 60.7 Å². The number of carbonyl (C=O) groups is 1. The van der Waals surface area contributed by atoms with E-state index in [0.29, 0.717) is 12.2 Å². The third-order valence-corrected chi connectivity index (χ3v) is 3.02. The van der Waals surface area contributed by atoms with Crippen molar-refractivity contribution in [2.75, 3.05) is 13.2 Å². The van der Waals surface area contributed by atoms with Gasteiger partial charge >= 0.3 is 0 Å². The van der Waals surface area contributed by atoms with Crippen molar-refractivity contribution in [2.45, 2.75) is 12.5 Å². The Bertz CT molecular complexity index is 542. The molecule has 4 heteroatoms. The van der Waals surface area contributed by atoms with Gasteiger partial charge in [0.05, 0.1) is 12.6 Å². The summed E-state index contributed by atoms with van der Waals surface area (Å²) >= 11 is 0. The highest BCUT2D eigenvalue weighted by Crippen LogP contribution is 2.08. The van der Waals surface area contributed by atoms with E-state index < -0.39 is 0 Å². The molecule has 0 aliphatic heterocycles. The second-order valence-corrected chi connectivity index (χ2v) is 4.74. The summed E-state index contributed by atoms with van der Waals surface area (Å²) in [7, 11) is 0. The van der Waals surface area contributed by atoms with E-state index in [9.17, 15) is 9.90 Å². The molecule has 21 heavy (non-hydrogen) atoms. The largest absolute Gasteiger partial charge is 0.484 e. The summed E-state index contributed by atoms with van der Waals surface area (Å²) in [6, 6.07) is 18.6. The number of aliphatic hydroxyl groups is 1. The molecule has 2 aromatic carbocycles. The maximum absolute atomic E-state index is 11.8. The summed E-state index contributed by atoms with van der Waals surface area (Å²) in [4.78, 5) is 11.8. The summed E-state index contributed by atoms with van der Waals surface area (Å²) < 4.78 is 5.37. The zero-order chi connectivity index (χ0) is 14.9. The topological polar surface area (TPSA) is 58.6 Å². The van der Waals surface area contributed by atoms with Crippen molar-refractivity contribution >= 4 is 5.91 Å². The molecule has 0 saturated carbocycles. The van der Waals surface area contributed by atoms with Crippen LogP contribution in [0, 0.1) is 0 Å². The highest BCUT2D eigenvalue weighted by Gasteiger charge is 2.12. The first-order valence-electron chi connectivity index (χ1n) is 6.90. The molecule has 0 bridgehead atoms. The van der Waals surface area contributed by atoms with Gasteiger partial charge in [-0.2, -0.15) is 0 Å². The zero-order valence-electron chi connectivity index (χ0n) is 11.7. The molecular formula is C17H19NO3. The van der Waals surface area contributed by atoms with Crippen LogP contribution in [-0.2, 0) is 11.2 Å².